The summed E-state index contributed by atoms with van der Waals surface area (Å²) in [5.41, 5.74) is 1.33. The van der Waals surface area contributed by atoms with Gasteiger partial charge in [0.2, 0.25) is 5.52 Å². The van der Waals surface area contributed by atoms with E-state index in [0.29, 0.717) is 5.52 Å². The van der Waals surface area contributed by atoms with Gasteiger partial charge in [0.15, 0.2) is 6.20 Å². The van der Waals surface area contributed by atoms with Gasteiger partial charge in [0, 0.05) is 6.07 Å². The molecule has 7 nitrogen and oxygen atoms in total. The minimum absolute atomic E-state index is 0.606. The van der Waals surface area contributed by atoms with Crippen LogP contribution in [-0.2, 0) is 0 Å². The number of para-hydroxylation sites is 2. The van der Waals surface area contributed by atoms with Gasteiger partial charge in [0.25, 0.3) is 0 Å². The summed E-state index contributed by atoms with van der Waals surface area (Å²) in [6.07, 6.45) is 2.89. The van der Waals surface area contributed by atoms with Gasteiger partial charge in [-0.05, 0) is 6.07 Å². The SMILES string of the molecule is [O-][Cl+](O)(O)O.[O-][n+]1ccnc2ccccc21. The molecule has 8 heteroatoms. The van der Waals surface area contributed by atoms with Crippen molar-refractivity contribution < 1.29 is 33.6 Å². The Hall–Kier alpha value is -1.51. The maximum absolute atomic E-state index is 11.1. The van der Waals surface area contributed by atoms with Crippen LogP contribution in [0.15, 0.2) is 36.7 Å². The fraction of sp³-hybridized carbons (Fsp3) is 0. The van der Waals surface area contributed by atoms with Gasteiger partial charge in [0.05, 0.1) is 6.20 Å². The molecule has 0 aliphatic rings. The first-order chi connectivity index (χ1) is 7.38. The normalized spacial score (nSPS) is 11.8. The molecule has 0 atom stereocenters. The number of hydrogen-bond donors (Lipinski definition) is 3. The van der Waals surface area contributed by atoms with E-state index in [1.54, 1.807) is 6.07 Å². The number of nitrogens with zero attached hydrogens (tertiary/aromatic N) is 2. The zero-order valence-corrected chi connectivity index (χ0v) is 8.65. The summed E-state index contributed by atoms with van der Waals surface area (Å²) in [4.78, 5) is 4.02. The Bertz CT molecular complexity index is 462. The number of rotatable bonds is 0. The Morgan fingerprint density at radius 2 is 1.75 bits per heavy atom. The summed E-state index contributed by atoms with van der Waals surface area (Å²) >= 11 is 0. The first-order valence-electron chi connectivity index (χ1n) is 3.97. The Morgan fingerprint density at radius 3 is 2.31 bits per heavy atom. The molecule has 88 valence electrons. The van der Waals surface area contributed by atoms with E-state index in [1.165, 1.54) is 12.4 Å². The van der Waals surface area contributed by atoms with Crippen molar-refractivity contribution in [3.8, 4) is 0 Å². The van der Waals surface area contributed by atoms with E-state index < -0.39 is 10.2 Å². The van der Waals surface area contributed by atoms with E-state index in [2.05, 4.69) is 4.98 Å². The minimum Gasteiger partial charge on any atom is -0.618 e. The fourth-order valence-electron chi connectivity index (χ4n) is 1.01. The van der Waals surface area contributed by atoms with Crippen molar-refractivity contribution in [3.05, 3.63) is 41.9 Å². The number of hydrogen-bond acceptors (Lipinski definition) is 6. The van der Waals surface area contributed by atoms with Crippen molar-refractivity contribution in [1.29, 1.82) is 0 Å². The van der Waals surface area contributed by atoms with Crippen molar-refractivity contribution in [1.82, 2.24) is 4.98 Å². The molecule has 0 radical (unpaired) electrons. The second-order valence-electron chi connectivity index (χ2n) is 2.68. The molecule has 0 aliphatic heterocycles. The molecule has 0 aliphatic carbocycles. The van der Waals surface area contributed by atoms with Crippen molar-refractivity contribution >= 4 is 11.0 Å². The maximum Gasteiger partial charge on any atom is 0.242 e. The summed E-state index contributed by atoms with van der Waals surface area (Å²) in [7, 11) is -4.19. The van der Waals surface area contributed by atoms with Gasteiger partial charge >= 0.3 is 28.9 Å². The second-order valence-corrected chi connectivity index (χ2v) is 3.54. The van der Waals surface area contributed by atoms with Crippen molar-refractivity contribution in [2.45, 2.75) is 0 Å². The van der Waals surface area contributed by atoms with Crippen LogP contribution in [0.2, 0.25) is 0 Å². The third kappa shape index (κ3) is 4.34. The molecule has 2 aromatic rings. The zero-order valence-electron chi connectivity index (χ0n) is 7.89. The second kappa shape index (κ2) is 5.01. The van der Waals surface area contributed by atoms with Crippen LogP contribution in [0.5, 0.6) is 0 Å². The van der Waals surface area contributed by atoms with E-state index in [0.717, 1.165) is 10.2 Å². The van der Waals surface area contributed by atoms with E-state index in [1.807, 2.05) is 18.2 Å². The van der Waals surface area contributed by atoms with Crippen LogP contribution in [0, 0.1) is 15.5 Å². The summed E-state index contributed by atoms with van der Waals surface area (Å²) in [5, 5.41) is 11.1. The van der Waals surface area contributed by atoms with E-state index in [4.69, 9.17) is 18.6 Å². The van der Waals surface area contributed by atoms with E-state index in [9.17, 15) is 5.21 Å². The predicted molar refractivity (Wildman–Crippen MR) is 47.4 cm³/mol. The molecule has 2 rings (SSSR count). The summed E-state index contributed by atoms with van der Waals surface area (Å²) in [6.45, 7) is 0. The molecule has 0 unspecified atom stereocenters. The average Bonchev–Trinajstić information content (AvgIpc) is 2.16. The Morgan fingerprint density at radius 1 is 1.19 bits per heavy atom. The third-order valence-corrected chi connectivity index (χ3v) is 1.53. The monoisotopic (exact) mass is 248 g/mol. The molecule has 1 heterocycles. The summed E-state index contributed by atoms with van der Waals surface area (Å²) in [5.74, 6) is 0. The molecule has 0 saturated heterocycles. The van der Waals surface area contributed by atoms with Gasteiger partial charge in [-0.2, -0.15) is 4.73 Å². The average molecular weight is 249 g/mol. The molecule has 1 aromatic carbocycles. The molecule has 0 spiro atoms. The van der Waals surface area contributed by atoms with Crippen molar-refractivity contribution in [2.75, 3.05) is 0 Å². The first-order valence-corrected chi connectivity index (χ1v) is 5.29. The van der Waals surface area contributed by atoms with Gasteiger partial charge < -0.3 is 5.21 Å². The van der Waals surface area contributed by atoms with Gasteiger partial charge in [-0.15, -0.1) is 0 Å². The van der Waals surface area contributed by atoms with Gasteiger partial charge in [-0.3, -0.25) is 0 Å². The fourth-order valence-corrected chi connectivity index (χ4v) is 1.01. The number of aromatic nitrogens is 2. The third-order valence-electron chi connectivity index (χ3n) is 1.53. The number of fused-ring (bicyclic) bond motifs is 1. The Balaban J connectivity index is 0.000000221. The van der Waals surface area contributed by atoms with Crippen LogP contribution in [-0.4, -0.2) is 19.0 Å². The molecular formula is C8H9ClN2O5. The Labute approximate surface area is 92.2 Å². The summed E-state index contributed by atoms with van der Waals surface area (Å²) in [6, 6.07) is 7.23. The van der Waals surface area contributed by atoms with Crippen LogP contribution in [0.4, 0.5) is 0 Å². The van der Waals surface area contributed by atoms with E-state index >= 15 is 0 Å². The van der Waals surface area contributed by atoms with Gasteiger partial charge in [0.1, 0.15) is 5.52 Å². The molecule has 3 N–H and O–H groups in total. The molecule has 1 aromatic heterocycles. The first kappa shape index (κ1) is 12.6. The molecule has 0 bridgehead atoms. The molecule has 16 heavy (non-hydrogen) atoms. The van der Waals surface area contributed by atoms with Gasteiger partial charge in [-0.25, -0.2) is 4.98 Å². The smallest absolute Gasteiger partial charge is 0.242 e. The van der Waals surface area contributed by atoms with Crippen LogP contribution in [0.3, 0.4) is 0 Å². The molecular weight excluding hydrogens is 240 g/mol. The van der Waals surface area contributed by atoms with Crippen LogP contribution in [0.1, 0.15) is 0 Å². The van der Waals surface area contributed by atoms with Gasteiger partial charge in [-0.1, -0.05) is 12.1 Å². The Kier molecular flexibility index (Phi) is 3.93. The quantitative estimate of drug-likeness (QED) is 0.366. The number of benzene rings is 1. The zero-order chi connectivity index (χ0) is 12.2. The van der Waals surface area contributed by atoms with Crippen molar-refractivity contribution in [3.63, 3.8) is 0 Å². The topological polar surface area (TPSA) is 124 Å². The van der Waals surface area contributed by atoms with Crippen LogP contribution in [0.25, 0.3) is 11.0 Å². The maximum atomic E-state index is 11.1. The molecule has 0 amide bonds. The predicted octanol–water partition coefficient (Wildman–Crippen LogP) is -1.99. The standard InChI is InChI=1S/C8H6N2O.ClH3O4/c11-10-6-5-9-7-3-1-2-4-8(7)10;2-1(3,4)5/h1-6H;2-4H. The number of halogens is 1. The van der Waals surface area contributed by atoms with E-state index in [-0.39, 0.29) is 0 Å². The van der Waals surface area contributed by atoms with Crippen LogP contribution >= 0.6 is 0 Å². The minimum atomic E-state index is -4.19. The molecule has 0 fully saturated rings. The molecule has 0 saturated carbocycles. The van der Waals surface area contributed by atoms with Crippen molar-refractivity contribution in [2.24, 2.45) is 0 Å². The summed E-state index contributed by atoms with van der Waals surface area (Å²) < 4.78 is 31.0. The van der Waals surface area contributed by atoms with Crippen LogP contribution < -0.4 is 9.39 Å². The largest absolute Gasteiger partial charge is 0.618 e.